The van der Waals surface area contributed by atoms with E-state index in [2.05, 4.69) is 20.9 Å². The Hall–Kier alpha value is -2.60. The molecule has 0 aliphatic rings. The molecule has 0 radical (unpaired) electrons. The van der Waals surface area contributed by atoms with Crippen LogP contribution in [-0.4, -0.2) is 24.0 Å². The molecule has 6 nitrogen and oxygen atoms in total. The number of halogens is 1. The smallest absolute Gasteiger partial charge is 0.318 e. The second-order valence-electron chi connectivity index (χ2n) is 4.11. The van der Waals surface area contributed by atoms with Crippen molar-refractivity contribution in [3.05, 3.63) is 53.3 Å². The van der Waals surface area contributed by atoms with Crippen LogP contribution in [-0.2, 0) is 0 Å². The summed E-state index contributed by atoms with van der Waals surface area (Å²) in [6, 6.07) is 9.60. The van der Waals surface area contributed by atoms with Gasteiger partial charge in [-0.15, -0.1) is 0 Å². The van der Waals surface area contributed by atoms with Crippen molar-refractivity contribution < 1.29 is 9.59 Å². The van der Waals surface area contributed by atoms with Gasteiger partial charge in [0.2, 0.25) is 0 Å². The summed E-state index contributed by atoms with van der Waals surface area (Å²) in [7, 11) is 1.52. The van der Waals surface area contributed by atoms with E-state index in [1.807, 2.05) is 0 Å². The van der Waals surface area contributed by atoms with E-state index in [1.54, 1.807) is 36.4 Å². The summed E-state index contributed by atoms with van der Waals surface area (Å²) in [5, 5.41) is 8.11. The van der Waals surface area contributed by atoms with Gasteiger partial charge in [0.25, 0.3) is 5.91 Å². The van der Waals surface area contributed by atoms with Crippen LogP contribution in [0, 0.1) is 0 Å². The Morgan fingerprint density at radius 3 is 2.43 bits per heavy atom. The largest absolute Gasteiger partial charge is 0.341 e. The summed E-state index contributed by atoms with van der Waals surface area (Å²) in [5.41, 5.74) is 1.52. The molecule has 3 amide bonds. The number of amides is 3. The van der Waals surface area contributed by atoms with Gasteiger partial charge in [-0.1, -0.05) is 17.7 Å². The van der Waals surface area contributed by atoms with Crippen molar-refractivity contribution in [2.45, 2.75) is 0 Å². The number of carbonyl (C=O) groups excluding carboxylic acids is 2. The molecule has 1 aromatic heterocycles. The summed E-state index contributed by atoms with van der Waals surface area (Å²) in [6.45, 7) is 0. The first kappa shape index (κ1) is 14.8. The molecule has 0 unspecified atom stereocenters. The van der Waals surface area contributed by atoms with Crippen molar-refractivity contribution in [1.29, 1.82) is 0 Å². The normalized spacial score (nSPS) is 9.81. The van der Waals surface area contributed by atoms with Crippen LogP contribution < -0.4 is 16.0 Å². The number of hydrogen-bond acceptors (Lipinski definition) is 3. The molecule has 0 spiro atoms. The SMILES string of the molecule is CNC(=O)Nc1cccc(NC(=O)c2ccc(Cl)nc2)c1. The molecule has 0 saturated carbocycles. The third-order valence-corrected chi connectivity index (χ3v) is 2.82. The Morgan fingerprint density at radius 2 is 1.81 bits per heavy atom. The van der Waals surface area contributed by atoms with Gasteiger partial charge < -0.3 is 16.0 Å². The van der Waals surface area contributed by atoms with E-state index < -0.39 is 0 Å². The van der Waals surface area contributed by atoms with Crippen LogP contribution >= 0.6 is 11.6 Å². The number of anilines is 2. The molecule has 3 N–H and O–H groups in total. The fourth-order valence-corrected chi connectivity index (χ4v) is 1.69. The zero-order valence-corrected chi connectivity index (χ0v) is 11.9. The van der Waals surface area contributed by atoms with Crippen molar-refractivity contribution in [2.75, 3.05) is 17.7 Å². The lowest BCUT2D eigenvalue weighted by Crippen LogP contribution is -2.24. The van der Waals surface area contributed by atoms with Gasteiger partial charge >= 0.3 is 6.03 Å². The topological polar surface area (TPSA) is 83.1 Å². The highest BCUT2D eigenvalue weighted by molar-refractivity contribution is 6.29. The van der Waals surface area contributed by atoms with Gasteiger partial charge in [0.15, 0.2) is 0 Å². The van der Waals surface area contributed by atoms with Gasteiger partial charge in [0.1, 0.15) is 5.15 Å². The first-order valence-electron chi connectivity index (χ1n) is 6.10. The van der Waals surface area contributed by atoms with E-state index >= 15 is 0 Å². The summed E-state index contributed by atoms with van der Waals surface area (Å²) in [4.78, 5) is 27.1. The molecule has 1 aromatic carbocycles. The molecular formula is C14H13ClN4O2. The molecule has 0 atom stereocenters. The second-order valence-corrected chi connectivity index (χ2v) is 4.50. The predicted octanol–water partition coefficient (Wildman–Crippen LogP) is 2.74. The van der Waals surface area contributed by atoms with Crippen molar-refractivity contribution in [1.82, 2.24) is 10.3 Å². The van der Waals surface area contributed by atoms with E-state index in [0.29, 0.717) is 22.1 Å². The van der Waals surface area contributed by atoms with Gasteiger partial charge in [-0.25, -0.2) is 9.78 Å². The number of pyridine rings is 1. The van der Waals surface area contributed by atoms with Crippen molar-refractivity contribution in [3.63, 3.8) is 0 Å². The number of carbonyl (C=O) groups is 2. The number of aromatic nitrogens is 1. The molecule has 21 heavy (non-hydrogen) atoms. The molecule has 2 aromatic rings. The fraction of sp³-hybridized carbons (Fsp3) is 0.0714. The Labute approximate surface area is 126 Å². The minimum atomic E-state index is -0.333. The van der Waals surface area contributed by atoms with Crippen LogP contribution in [0.2, 0.25) is 5.15 Å². The van der Waals surface area contributed by atoms with Crippen molar-refractivity contribution in [2.24, 2.45) is 0 Å². The highest BCUT2D eigenvalue weighted by atomic mass is 35.5. The van der Waals surface area contributed by atoms with E-state index in [9.17, 15) is 9.59 Å². The van der Waals surface area contributed by atoms with E-state index in [0.717, 1.165) is 0 Å². The van der Waals surface area contributed by atoms with Gasteiger partial charge in [0, 0.05) is 24.6 Å². The standard InChI is InChI=1S/C14H13ClN4O2/c1-16-14(21)19-11-4-2-3-10(7-11)18-13(20)9-5-6-12(15)17-8-9/h2-8H,1H3,(H,18,20)(H2,16,19,21). The lowest BCUT2D eigenvalue weighted by atomic mass is 10.2. The molecule has 1 heterocycles. The van der Waals surface area contributed by atoms with Gasteiger partial charge in [-0.3, -0.25) is 4.79 Å². The monoisotopic (exact) mass is 304 g/mol. The number of urea groups is 1. The zero-order chi connectivity index (χ0) is 15.2. The Kier molecular flexibility index (Phi) is 4.73. The molecule has 0 aliphatic heterocycles. The maximum absolute atomic E-state index is 12.0. The van der Waals surface area contributed by atoms with Crippen LogP contribution in [0.3, 0.4) is 0 Å². The molecule has 0 saturated heterocycles. The summed E-state index contributed by atoms with van der Waals surface area (Å²) in [5.74, 6) is -0.309. The lowest BCUT2D eigenvalue weighted by molar-refractivity contribution is 0.102. The Bertz CT molecular complexity index is 658. The molecule has 108 valence electrons. The van der Waals surface area contributed by atoms with E-state index in [4.69, 9.17) is 11.6 Å². The molecular weight excluding hydrogens is 292 g/mol. The van der Waals surface area contributed by atoms with Crippen molar-refractivity contribution in [3.8, 4) is 0 Å². The lowest BCUT2D eigenvalue weighted by Gasteiger charge is -2.08. The van der Waals surface area contributed by atoms with Crippen LogP contribution in [0.25, 0.3) is 0 Å². The minimum absolute atomic E-state index is 0.309. The number of nitrogens with one attached hydrogen (secondary N) is 3. The Balaban J connectivity index is 2.08. The predicted molar refractivity (Wildman–Crippen MR) is 81.7 cm³/mol. The number of rotatable bonds is 3. The molecule has 0 bridgehead atoms. The minimum Gasteiger partial charge on any atom is -0.341 e. The third-order valence-electron chi connectivity index (χ3n) is 2.59. The Morgan fingerprint density at radius 1 is 1.10 bits per heavy atom. The van der Waals surface area contributed by atoms with Gasteiger partial charge in [0.05, 0.1) is 5.56 Å². The molecule has 0 aliphatic carbocycles. The highest BCUT2D eigenvalue weighted by Gasteiger charge is 2.07. The summed E-state index contributed by atoms with van der Waals surface area (Å²) >= 11 is 5.67. The maximum Gasteiger partial charge on any atom is 0.318 e. The fourth-order valence-electron chi connectivity index (χ4n) is 1.58. The average molecular weight is 305 g/mol. The summed E-state index contributed by atoms with van der Waals surface area (Å²) in [6.07, 6.45) is 1.39. The third kappa shape index (κ3) is 4.19. The van der Waals surface area contributed by atoms with Crippen molar-refractivity contribution >= 4 is 34.9 Å². The molecule has 7 heteroatoms. The first-order chi connectivity index (χ1) is 10.1. The highest BCUT2D eigenvalue weighted by Crippen LogP contribution is 2.16. The average Bonchev–Trinajstić information content (AvgIpc) is 2.48. The molecule has 2 rings (SSSR count). The van der Waals surface area contributed by atoms with Crippen LogP contribution in [0.5, 0.6) is 0 Å². The van der Waals surface area contributed by atoms with Gasteiger partial charge in [-0.2, -0.15) is 0 Å². The second kappa shape index (κ2) is 6.71. The van der Waals surface area contributed by atoms with Crippen LogP contribution in [0.1, 0.15) is 10.4 Å². The maximum atomic E-state index is 12.0. The van der Waals surface area contributed by atoms with Gasteiger partial charge in [-0.05, 0) is 30.3 Å². The first-order valence-corrected chi connectivity index (χ1v) is 6.48. The number of benzene rings is 1. The van der Waals surface area contributed by atoms with E-state index in [1.165, 1.54) is 13.2 Å². The molecule has 0 fully saturated rings. The van der Waals surface area contributed by atoms with E-state index in [-0.39, 0.29) is 11.9 Å². The number of hydrogen-bond donors (Lipinski definition) is 3. The van der Waals surface area contributed by atoms with Crippen LogP contribution in [0.15, 0.2) is 42.6 Å². The van der Waals surface area contributed by atoms with Crippen LogP contribution in [0.4, 0.5) is 16.2 Å². The number of nitrogens with zero attached hydrogens (tertiary/aromatic N) is 1. The zero-order valence-electron chi connectivity index (χ0n) is 11.2. The quantitative estimate of drug-likeness (QED) is 0.762. The summed E-state index contributed by atoms with van der Waals surface area (Å²) < 4.78 is 0.